The summed E-state index contributed by atoms with van der Waals surface area (Å²) in [6.45, 7) is 0.185. The molecule has 0 atom stereocenters. The molecule has 128 valence electrons. The van der Waals surface area contributed by atoms with E-state index in [1.54, 1.807) is 24.3 Å². The minimum absolute atomic E-state index is 0.185. The number of para-hydroxylation sites is 2. The average molecular weight is 340 g/mol. The molecule has 0 spiro atoms. The van der Waals surface area contributed by atoms with Crippen LogP contribution < -0.4 is 16.7 Å². The molecule has 0 aliphatic heterocycles. The van der Waals surface area contributed by atoms with E-state index in [9.17, 15) is 14.4 Å². The quantitative estimate of drug-likeness (QED) is 0.625. The van der Waals surface area contributed by atoms with Crippen LogP contribution >= 0.6 is 0 Å². The van der Waals surface area contributed by atoms with Crippen LogP contribution in [0.5, 0.6) is 0 Å². The summed E-state index contributed by atoms with van der Waals surface area (Å²) in [5, 5.41) is 12.1. The molecule has 3 aromatic rings. The van der Waals surface area contributed by atoms with Crippen molar-refractivity contribution in [2.45, 2.75) is 0 Å². The first-order chi connectivity index (χ1) is 12.0. The number of hydrogen-bond acceptors (Lipinski definition) is 5. The molecule has 3 rings (SSSR count). The molecular weight excluding hydrogens is 324 g/mol. The summed E-state index contributed by atoms with van der Waals surface area (Å²) in [5.74, 6) is -1.63. The number of carboxylic acid groups (broad SMARTS) is 1. The minimum Gasteiger partial charge on any atom is -0.477 e. The highest BCUT2D eigenvalue weighted by Crippen LogP contribution is 2.12. The minimum atomic E-state index is -1.27. The number of carbonyl (C=O) groups is 2. The van der Waals surface area contributed by atoms with Crippen LogP contribution in [-0.2, 0) is 4.79 Å². The van der Waals surface area contributed by atoms with Crippen molar-refractivity contribution in [1.82, 2.24) is 0 Å². The van der Waals surface area contributed by atoms with Crippen molar-refractivity contribution in [3.8, 4) is 0 Å². The summed E-state index contributed by atoms with van der Waals surface area (Å²) in [7, 11) is 0. The fourth-order valence-corrected chi connectivity index (χ4v) is 1.96. The van der Waals surface area contributed by atoms with Crippen LogP contribution in [0.3, 0.4) is 0 Å². The second-order valence-corrected chi connectivity index (χ2v) is 4.98. The molecule has 0 fully saturated rings. The van der Waals surface area contributed by atoms with Crippen LogP contribution in [0.15, 0.2) is 69.9 Å². The summed E-state index contributed by atoms with van der Waals surface area (Å²) in [6.07, 6.45) is 0. The van der Waals surface area contributed by atoms with Crippen molar-refractivity contribution in [2.24, 2.45) is 5.73 Å². The van der Waals surface area contributed by atoms with Gasteiger partial charge in [-0.2, -0.15) is 0 Å². The summed E-state index contributed by atoms with van der Waals surface area (Å²) in [6, 6.07) is 17.5. The molecule has 0 aliphatic carbocycles. The number of nitrogens with one attached hydrogen (secondary N) is 1. The van der Waals surface area contributed by atoms with Gasteiger partial charge < -0.3 is 20.6 Å². The lowest BCUT2D eigenvalue weighted by molar-refractivity contribution is -0.116. The van der Waals surface area contributed by atoms with Crippen LogP contribution in [0.1, 0.15) is 10.4 Å². The molecule has 0 aliphatic rings. The number of fused-ring (bicyclic) bond motifs is 1. The monoisotopic (exact) mass is 340 g/mol. The third-order valence-corrected chi connectivity index (χ3v) is 3.11. The second-order valence-electron chi connectivity index (χ2n) is 4.98. The number of rotatable bonds is 4. The number of nitrogens with two attached hydrogens (primary N) is 1. The Morgan fingerprint density at radius 1 is 1.04 bits per heavy atom. The summed E-state index contributed by atoms with van der Waals surface area (Å²) < 4.78 is 4.82. The first-order valence-electron chi connectivity index (χ1n) is 7.31. The zero-order valence-corrected chi connectivity index (χ0v) is 13.1. The second kappa shape index (κ2) is 8.30. The molecular formula is C18H16N2O5. The fourth-order valence-electron chi connectivity index (χ4n) is 1.96. The molecule has 0 saturated heterocycles. The van der Waals surface area contributed by atoms with Gasteiger partial charge in [-0.3, -0.25) is 4.79 Å². The molecule has 0 bridgehead atoms. The van der Waals surface area contributed by atoms with Gasteiger partial charge in [0.05, 0.1) is 6.54 Å². The van der Waals surface area contributed by atoms with Crippen molar-refractivity contribution in [3.05, 3.63) is 76.6 Å². The number of amides is 1. The number of aromatic carboxylic acids is 1. The highest BCUT2D eigenvalue weighted by Gasteiger charge is 2.11. The summed E-state index contributed by atoms with van der Waals surface area (Å²) in [4.78, 5) is 32.1. The van der Waals surface area contributed by atoms with Crippen LogP contribution in [0.25, 0.3) is 11.0 Å². The highest BCUT2D eigenvalue weighted by molar-refractivity contribution is 5.91. The molecule has 2 aromatic carbocycles. The molecule has 7 heteroatoms. The Labute approximate surface area is 142 Å². The number of benzene rings is 2. The molecule has 7 nitrogen and oxygen atoms in total. The molecule has 1 amide bonds. The predicted molar refractivity (Wildman–Crippen MR) is 93.6 cm³/mol. The first-order valence-corrected chi connectivity index (χ1v) is 7.31. The SMILES string of the molecule is NC(=O)CNc1ccccc1.O=C(O)c1cc2ccccc2oc1=O. The maximum absolute atomic E-state index is 11.1. The van der Waals surface area contributed by atoms with E-state index in [0.29, 0.717) is 11.0 Å². The normalized spacial score (nSPS) is 9.76. The third-order valence-electron chi connectivity index (χ3n) is 3.11. The lowest BCUT2D eigenvalue weighted by Crippen LogP contribution is -2.21. The molecule has 1 heterocycles. The van der Waals surface area contributed by atoms with E-state index in [0.717, 1.165) is 5.69 Å². The van der Waals surface area contributed by atoms with E-state index < -0.39 is 11.6 Å². The Morgan fingerprint density at radius 2 is 1.68 bits per heavy atom. The van der Waals surface area contributed by atoms with Crippen LogP contribution in [-0.4, -0.2) is 23.5 Å². The molecule has 4 N–H and O–H groups in total. The van der Waals surface area contributed by atoms with Crippen LogP contribution in [0.2, 0.25) is 0 Å². The fraction of sp³-hybridized carbons (Fsp3) is 0.0556. The summed E-state index contributed by atoms with van der Waals surface area (Å²) in [5.41, 5.74) is 5.07. The van der Waals surface area contributed by atoms with E-state index in [4.69, 9.17) is 15.3 Å². The van der Waals surface area contributed by atoms with Gasteiger partial charge in [-0.1, -0.05) is 36.4 Å². The molecule has 0 saturated carbocycles. The average Bonchev–Trinajstić information content (AvgIpc) is 2.60. The first kappa shape index (κ1) is 17.7. The molecule has 0 unspecified atom stereocenters. The predicted octanol–water partition coefficient (Wildman–Crippen LogP) is 2.07. The van der Waals surface area contributed by atoms with Gasteiger partial charge in [-0.15, -0.1) is 0 Å². The Hall–Kier alpha value is -3.61. The molecule has 0 radical (unpaired) electrons. The maximum Gasteiger partial charge on any atom is 0.351 e. The Bertz CT molecular complexity index is 935. The largest absolute Gasteiger partial charge is 0.477 e. The van der Waals surface area contributed by atoms with Gasteiger partial charge in [-0.25, -0.2) is 9.59 Å². The van der Waals surface area contributed by atoms with Gasteiger partial charge in [0.25, 0.3) is 0 Å². The lowest BCUT2D eigenvalue weighted by atomic mass is 10.2. The molecule has 25 heavy (non-hydrogen) atoms. The van der Waals surface area contributed by atoms with Crippen LogP contribution in [0.4, 0.5) is 5.69 Å². The van der Waals surface area contributed by atoms with Crippen molar-refractivity contribution in [2.75, 3.05) is 11.9 Å². The third kappa shape index (κ3) is 5.21. The van der Waals surface area contributed by atoms with E-state index in [1.807, 2.05) is 30.3 Å². The van der Waals surface area contributed by atoms with Gasteiger partial charge in [0, 0.05) is 11.1 Å². The van der Waals surface area contributed by atoms with Gasteiger partial charge in [0.1, 0.15) is 11.1 Å². The standard InChI is InChI=1S/C10H6O4.C8H10N2O/c11-9(12)7-5-6-3-1-2-4-8(6)14-10(7)13;9-8(11)6-10-7-4-2-1-3-5-7/h1-5H,(H,11,12);1-5,10H,6H2,(H2,9,11). The number of carbonyl (C=O) groups excluding carboxylic acids is 1. The van der Waals surface area contributed by atoms with Gasteiger partial charge in [0.2, 0.25) is 5.91 Å². The van der Waals surface area contributed by atoms with E-state index >= 15 is 0 Å². The maximum atomic E-state index is 11.1. The van der Waals surface area contributed by atoms with Crippen LogP contribution in [0, 0.1) is 0 Å². The summed E-state index contributed by atoms with van der Waals surface area (Å²) >= 11 is 0. The van der Waals surface area contributed by atoms with Gasteiger partial charge >= 0.3 is 11.6 Å². The molecule has 1 aromatic heterocycles. The lowest BCUT2D eigenvalue weighted by Gasteiger charge is -2.01. The van der Waals surface area contributed by atoms with Crippen molar-refractivity contribution in [3.63, 3.8) is 0 Å². The smallest absolute Gasteiger partial charge is 0.351 e. The highest BCUT2D eigenvalue weighted by atomic mass is 16.4. The van der Waals surface area contributed by atoms with E-state index in [-0.39, 0.29) is 18.0 Å². The van der Waals surface area contributed by atoms with Gasteiger partial charge in [0.15, 0.2) is 0 Å². The number of carboxylic acids is 1. The number of anilines is 1. The zero-order valence-electron chi connectivity index (χ0n) is 13.1. The zero-order chi connectivity index (χ0) is 18.2. The Balaban J connectivity index is 0.000000186. The number of hydrogen-bond donors (Lipinski definition) is 3. The Morgan fingerprint density at radius 3 is 2.32 bits per heavy atom. The van der Waals surface area contributed by atoms with E-state index in [2.05, 4.69) is 5.32 Å². The Kier molecular flexibility index (Phi) is 5.89. The van der Waals surface area contributed by atoms with E-state index in [1.165, 1.54) is 6.07 Å². The number of primary amides is 1. The van der Waals surface area contributed by atoms with Crippen molar-refractivity contribution < 1.29 is 19.1 Å². The van der Waals surface area contributed by atoms with Crippen molar-refractivity contribution >= 4 is 28.5 Å². The van der Waals surface area contributed by atoms with Gasteiger partial charge in [-0.05, 0) is 24.3 Å². The van der Waals surface area contributed by atoms with Crippen molar-refractivity contribution in [1.29, 1.82) is 0 Å². The topological polar surface area (TPSA) is 123 Å².